The van der Waals surface area contributed by atoms with E-state index in [2.05, 4.69) is 4.98 Å². The molecule has 0 fully saturated rings. The molecule has 0 saturated heterocycles. The standard InChI is InChI=1S/C12H6ClFN2OS/c13-9-3-1-2-7(11(9)14)8(4-15)12(17)10-5-16-6-18-10/h1-3,5-6,8H. The summed E-state index contributed by atoms with van der Waals surface area (Å²) in [4.78, 5) is 16.1. The molecule has 0 saturated carbocycles. The Hall–Kier alpha value is -1.77. The van der Waals surface area contributed by atoms with Gasteiger partial charge in [0, 0.05) is 11.8 Å². The molecule has 0 amide bonds. The van der Waals surface area contributed by atoms with Crippen LogP contribution in [0.4, 0.5) is 4.39 Å². The number of halogens is 2. The summed E-state index contributed by atoms with van der Waals surface area (Å²) in [7, 11) is 0. The second-order valence-electron chi connectivity index (χ2n) is 3.44. The fourth-order valence-corrected chi connectivity index (χ4v) is 2.27. The van der Waals surface area contributed by atoms with Crippen molar-refractivity contribution in [3.63, 3.8) is 0 Å². The van der Waals surface area contributed by atoms with Gasteiger partial charge in [-0.15, -0.1) is 11.3 Å². The number of hydrogen-bond acceptors (Lipinski definition) is 4. The number of Topliss-reactive ketones (excluding diaryl/α,β-unsaturated/α-hetero) is 1. The second kappa shape index (κ2) is 5.25. The molecule has 2 aromatic rings. The zero-order chi connectivity index (χ0) is 13.1. The first kappa shape index (κ1) is 12.7. The van der Waals surface area contributed by atoms with Crippen molar-refractivity contribution in [1.29, 1.82) is 5.26 Å². The topological polar surface area (TPSA) is 53.8 Å². The number of aromatic nitrogens is 1. The van der Waals surface area contributed by atoms with Gasteiger partial charge in [-0.1, -0.05) is 23.7 Å². The number of carbonyl (C=O) groups is 1. The third kappa shape index (κ3) is 2.26. The van der Waals surface area contributed by atoms with Crippen molar-refractivity contribution < 1.29 is 9.18 Å². The van der Waals surface area contributed by atoms with E-state index in [9.17, 15) is 9.18 Å². The van der Waals surface area contributed by atoms with Gasteiger partial charge in [-0.25, -0.2) is 4.39 Å². The number of rotatable bonds is 3. The van der Waals surface area contributed by atoms with Crippen LogP contribution in [-0.2, 0) is 0 Å². The predicted molar refractivity (Wildman–Crippen MR) is 66.2 cm³/mol. The summed E-state index contributed by atoms with van der Waals surface area (Å²) in [5.41, 5.74) is 1.47. The summed E-state index contributed by atoms with van der Waals surface area (Å²) in [6.07, 6.45) is 1.36. The molecule has 3 nitrogen and oxygen atoms in total. The molecule has 0 aliphatic rings. The second-order valence-corrected chi connectivity index (χ2v) is 4.73. The number of hydrogen-bond donors (Lipinski definition) is 0. The fraction of sp³-hybridized carbons (Fsp3) is 0.0833. The lowest BCUT2D eigenvalue weighted by molar-refractivity contribution is 0.0981. The van der Waals surface area contributed by atoms with Crippen molar-refractivity contribution in [2.24, 2.45) is 0 Å². The maximum absolute atomic E-state index is 13.8. The number of nitriles is 1. The van der Waals surface area contributed by atoms with Crippen molar-refractivity contribution in [2.75, 3.05) is 0 Å². The fourth-order valence-electron chi connectivity index (χ4n) is 1.49. The monoisotopic (exact) mass is 280 g/mol. The van der Waals surface area contributed by atoms with Crippen LogP contribution in [0.15, 0.2) is 29.9 Å². The molecule has 0 aliphatic carbocycles. The van der Waals surface area contributed by atoms with E-state index in [1.165, 1.54) is 29.9 Å². The lowest BCUT2D eigenvalue weighted by Gasteiger charge is -2.08. The minimum Gasteiger partial charge on any atom is -0.291 e. The minimum absolute atomic E-state index is 0.0107. The van der Waals surface area contributed by atoms with Crippen molar-refractivity contribution in [3.05, 3.63) is 51.2 Å². The van der Waals surface area contributed by atoms with Crippen LogP contribution in [0.1, 0.15) is 21.2 Å². The molecular formula is C12H6ClFN2OS. The van der Waals surface area contributed by atoms with E-state index in [1.54, 1.807) is 6.07 Å². The lowest BCUT2D eigenvalue weighted by Crippen LogP contribution is -2.11. The van der Waals surface area contributed by atoms with E-state index >= 15 is 0 Å². The number of benzene rings is 1. The first-order valence-electron chi connectivity index (χ1n) is 4.91. The average molecular weight is 281 g/mol. The molecule has 0 radical (unpaired) electrons. The Morgan fingerprint density at radius 2 is 2.33 bits per heavy atom. The first-order valence-corrected chi connectivity index (χ1v) is 6.17. The maximum Gasteiger partial charge on any atom is 0.196 e. The van der Waals surface area contributed by atoms with Gasteiger partial charge in [-0.2, -0.15) is 5.26 Å². The van der Waals surface area contributed by atoms with Gasteiger partial charge in [0.2, 0.25) is 0 Å². The van der Waals surface area contributed by atoms with Gasteiger partial charge in [-0.05, 0) is 6.07 Å². The minimum atomic E-state index is -1.20. The highest BCUT2D eigenvalue weighted by atomic mass is 35.5. The van der Waals surface area contributed by atoms with Crippen LogP contribution in [0.2, 0.25) is 5.02 Å². The molecule has 18 heavy (non-hydrogen) atoms. The van der Waals surface area contributed by atoms with E-state index in [1.807, 2.05) is 0 Å². The van der Waals surface area contributed by atoms with Crippen LogP contribution in [-0.4, -0.2) is 10.8 Å². The van der Waals surface area contributed by atoms with Gasteiger partial charge in [0.05, 0.1) is 21.5 Å². The lowest BCUT2D eigenvalue weighted by atomic mass is 9.95. The zero-order valence-electron chi connectivity index (χ0n) is 8.93. The average Bonchev–Trinajstić information content (AvgIpc) is 2.89. The zero-order valence-corrected chi connectivity index (χ0v) is 10.5. The number of nitrogens with zero attached hydrogens (tertiary/aromatic N) is 2. The van der Waals surface area contributed by atoms with Gasteiger partial charge >= 0.3 is 0 Å². The molecule has 0 bridgehead atoms. The highest BCUT2D eigenvalue weighted by Crippen LogP contribution is 2.27. The Balaban J connectivity index is 2.44. The molecule has 1 aromatic carbocycles. The van der Waals surface area contributed by atoms with Crippen LogP contribution in [0.5, 0.6) is 0 Å². The van der Waals surface area contributed by atoms with Crippen molar-refractivity contribution in [3.8, 4) is 6.07 Å². The molecule has 90 valence electrons. The summed E-state index contributed by atoms with van der Waals surface area (Å²) >= 11 is 6.75. The highest BCUT2D eigenvalue weighted by molar-refractivity contribution is 7.11. The summed E-state index contributed by atoms with van der Waals surface area (Å²) in [5.74, 6) is -2.41. The van der Waals surface area contributed by atoms with Crippen LogP contribution < -0.4 is 0 Å². The number of ketones is 1. The Kier molecular flexibility index (Phi) is 3.70. The van der Waals surface area contributed by atoms with Crippen LogP contribution in [0.25, 0.3) is 0 Å². The molecule has 6 heteroatoms. The molecule has 2 rings (SSSR count). The smallest absolute Gasteiger partial charge is 0.196 e. The van der Waals surface area contributed by atoms with E-state index in [0.717, 1.165) is 11.3 Å². The third-order valence-corrected chi connectivity index (χ3v) is 3.44. The Labute approximate surface area is 111 Å². The predicted octanol–water partition coefficient (Wildman–Crippen LogP) is 3.43. The van der Waals surface area contributed by atoms with Crippen molar-refractivity contribution >= 4 is 28.7 Å². The molecule has 1 unspecified atom stereocenters. The van der Waals surface area contributed by atoms with Gasteiger partial charge in [0.25, 0.3) is 0 Å². The summed E-state index contributed by atoms with van der Waals surface area (Å²) in [6, 6.07) is 6.06. The molecule has 1 heterocycles. The SMILES string of the molecule is N#CC(C(=O)c1cncs1)c1cccc(Cl)c1F. The number of thiazole rings is 1. The van der Waals surface area contributed by atoms with Crippen molar-refractivity contribution in [1.82, 2.24) is 4.98 Å². The van der Waals surface area contributed by atoms with E-state index < -0.39 is 17.5 Å². The van der Waals surface area contributed by atoms with Gasteiger partial charge < -0.3 is 0 Å². The van der Waals surface area contributed by atoms with Crippen molar-refractivity contribution in [2.45, 2.75) is 5.92 Å². The summed E-state index contributed by atoms with van der Waals surface area (Å²) in [6.45, 7) is 0. The van der Waals surface area contributed by atoms with Gasteiger partial charge in [-0.3, -0.25) is 9.78 Å². The van der Waals surface area contributed by atoms with Gasteiger partial charge in [0.15, 0.2) is 5.78 Å². The third-order valence-electron chi connectivity index (χ3n) is 2.36. The normalized spacial score (nSPS) is 11.8. The molecule has 0 N–H and O–H groups in total. The first-order chi connectivity index (χ1) is 8.65. The van der Waals surface area contributed by atoms with E-state index in [0.29, 0.717) is 4.88 Å². The van der Waals surface area contributed by atoms with Crippen LogP contribution >= 0.6 is 22.9 Å². The van der Waals surface area contributed by atoms with E-state index in [4.69, 9.17) is 16.9 Å². The molecular weight excluding hydrogens is 275 g/mol. The Morgan fingerprint density at radius 1 is 1.56 bits per heavy atom. The van der Waals surface area contributed by atoms with E-state index in [-0.39, 0.29) is 10.6 Å². The summed E-state index contributed by atoms with van der Waals surface area (Å²) in [5, 5.41) is 8.96. The highest BCUT2D eigenvalue weighted by Gasteiger charge is 2.26. The molecule has 1 aromatic heterocycles. The quantitative estimate of drug-likeness (QED) is 0.810. The molecule has 1 atom stereocenters. The van der Waals surface area contributed by atoms with Crippen LogP contribution in [0, 0.1) is 17.1 Å². The van der Waals surface area contributed by atoms with Crippen LogP contribution in [0.3, 0.4) is 0 Å². The Morgan fingerprint density at radius 3 is 2.94 bits per heavy atom. The molecule has 0 aliphatic heterocycles. The maximum atomic E-state index is 13.8. The van der Waals surface area contributed by atoms with Gasteiger partial charge in [0.1, 0.15) is 11.7 Å². The Bertz CT molecular complexity index is 622. The largest absolute Gasteiger partial charge is 0.291 e. The molecule has 0 spiro atoms. The number of carbonyl (C=O) groups excluding carboxylic acids is 1. The summed E-state index contributed by atoms with van der Waals surface area (Å²) < 4.78 is 13.8.